The van der Waals surface area contributed by atoms with Crippen LogP contribution in [0.1, 0.15) is 26.7 Å². The summed E-state index contributed by atoms with van der Waals surface area (Å²) in [5.41, 5.74) is -0.154. The predicted octanol–water partition coefficient (Wildman–Crippen LogP) is 1.11. The molecule has 0 bridgehead atoms. The number of allylic oxidation sites excluding steroid dienone is 2. The van der Waals surface area contributed by atoms with Gasteiger partial charge in [-0.3, -0.25) is 9.59 Å². The molecule has 2 atom stereocenters. The fourth-order valence-electron chi connectivity index (χ4n) is 1.97. The Morgan fingerprint density at radius 1 is 1.26 bits per heavy atom. The number of carboxylic acid groups (broad SMARTS) is 1. The van der Waals surface area contributed by atoms with Crippen LogP contribution in [0.15, 0.2) is 12.2 Å². The average Bonchev–Trinajstić information content (AvgIpc) is 2.35. The molecule has 1 aliphatic carbocycles. The Morgan fingerprint density at radius 2 is 1.79 bits per heavy atom. The highest BCUT2D eigenvalue weighted by Crippen LogP contribution is 2.26. The standard InChI is InChI=1S/C14H24N2O3/c1-14(2,16(3)4)9-15-12(17)10-7-5-6-8-11(10)13(18)19/h5-6,10-11H,7-9H2,1-4H3,(H,15,17)(H,18,19)/t10-,11+/m1/s1. The summed E-state index contributed by atoms with van der Waals surface area (Å²) in [7, 11) is 3.91. The first-order chi connectivity index (χ1) is 8.75. The quantitative estimate of drug-likeness (QED) is 0.733. The van der Waals surface area contributed by atoms with E-state index in [-0.39, 0.29) is 11.4 Å². The second-order valence-electron chi connectivity index (χ2n) is 5.92. The second-order valence-corrected chi connectivity index (χ2v) is 5.92. The highest BCUT2D eigenvalue weighted by molar-refractivity contribution is 5.85. The van der Waals surface area contributed by atoms with E-state index in [4.69, 9.17) is 5.11 Å². The number of nitrogens with zero attached hydrogens (tertiary/aromatic N) is 1. The monoisotopic (exact) mass is 268 g/mol. The lowest BCUT2D eigenvalue weighted by Gasteiger charge is -2.33. The topological polar surface area (TPSA) is 69.6 Å². The predicted molar refractivity (Wildman–Crippen MR) is 73.8 cm³/mol. The third-order valence-corrected chi connectivity index (χ3v) is 3.99. The normalized spacial score (nSPS) is 23.4. The van der Waals surface area contributed by atoms with Crippen molar-refractivity contribution < 1.29 is 14.7 Å². The number of carboxylic acids is 1. The summed E-state index contributed by atoms with van der Waals surface area (Å²) in [6.45, 7) is 4.57. The molecule has 0 spiro atoms. The zero-order valence-corrected chi connectivity index (χ0v) is 12.1. The molecular weight excluding hydrogens is 244 g/mol. The van der Waals surface area contributed by atoms with Crippen molar-refractivity contribution in [3.63, 3.8) is 0 Å². The Morgan fingerprint density at radius 3 is 2.26 bits per heavy atom. The van der Waals surface area contributed by atoms with Gasteiger partial charge in [0, 0.05) is 12.1 Å². The first-order valence-electron chi connectivity index (χ1n) is 6.58. The third kappa shape index (κ3) is 4.06. The van der Waals surface area contributed by atoms with Gasteiger partial charge in [-0.25, -0.2) is 0 Å². The van der Waals surface area contributed by atoms with Crippen LogP contribution >= 0.6 is 0 Å². The van der Waals surface area contributed by atoms with Gasteiger partial charge in [0.25, 0.3) is 0 Å². The average molecular weight is 268 g/mol. The van der Waals surface area contributed by atoms with E-state index in [0.717, 1.165) is 0 Å². The molecule has 0 unspecified atom stereocenters. The van der Waals surface area contributed by atoms with Crippen molar-refractivity contribution in [1.82, 2.24) is 10.2 Å². The van der Waals surface area contributed by atoms with Gasteiger partial charge < -0.3 is 15.3 Å². The van der Waals surface area contributed by atoms with Crippen molar-refractivity contribution in [2.75, 3.05) is 20.6 Å². The molecule has 0 aromatic heterocycles. The van der Waals surface area contributed by atoms with Gasteiger partial charge in [-0.15, -0.1) is 0 Å². The number of rotatable bonds is 5. The molecule has 0 aromatic rings. The molecule has 5 heteroatoms. The molecule has 5 nitrogen and oxygen atoms in total. The van der Waals surface area contributed by atoms with Gasteiger partial charge in [-0.05, 0) is 40.8 Å². The van der Waals surface area contributed by atoms with E-state index in [1.807, 2.05) is 45.0 Å². The number of amides is 1. The molecule has 1 aliphatic rings. The minimum absolute atomic E-state index is 0.154. The third-order valence-electron chi connectivity index (χ3n) is 3.99. The van der Waals surface area contributed by atoms with Crippen molar-refractivity contribution in [3.05, 3.63) is 12.2 Å². The lowest BCUT2D eigenvalue weighted by Crippen LogP contribution is -2.50. The number of carbonyl (C=O) groups excluding carboxylic acids is 1. The summed E-state index contributed by atoms with van der Waals surface area (Å²) < 4.78 is 0. The lowest BCUT2D eigenvalue weighted by atomic mass is 9.82. The van der Waals surface area contributed by atoms with E-state index < -0.39 is 17.8 Å². The lowest BCUT2D eigenvalue weighted by molar-refractivity contribution is -0.147. The molecule has 0 saturated heterocycles. The van der Waals surface area contributed by atoms with Crippen molar-refractivity contribution in [2.45, 2.75) is 32.2 Å². The summed E-state index contributed by atoms with van der Waals surface area (Å²) in [4.78, 5) is 25.3. The van der Waals surface area contributed by atoms with E-state index in [2.05, 4.69) is 5.32 Å². The van der Waals surface area contributed by atoms with Crippen LogP contribution in [0.4, 0.5) is 0 Å². The van der Waals surface area contributed by atoms with Gasteiger partial charge in [0.15, 0.2) is 0 Å². The smallest absolute Gasteiger partial charge is 0.307 e. The van der Waals surface area contributed by atoms with Gasteiger partial charge in [0.1, 0.15) is 0 Å². The Hall–Kier alpha value is -1.36. The Bertz CT molecular complexity index is 375. The van der Waals surface area contributed by atoms with Crippen LogP contribution < -0.4 is 5.32 Å². The summed E-state index contributed by atoms with van der Waals surface area (Å²) in [5, 5.41) is 12.0. The minimum atomic E-state index is -0.892. The molecule has 108 valence electrons. The van der Waals surface area contributed by atoms with Crippen LogP contribution in [0.5, 0.6) is 0 Å². The number of likely N-dealkylation sites (N-methyl/N-ethyl adjacent to an activating group) is 1. The molecule has 0 heterocycles. The Labute approximate surface area is 114 Å². The zero-order valence-electron chi connectivity index (χ0n) is 12.1. The number of aliphatic carboxylic acids is 1. The molecule has 0 fully saturated rings. The van der Waals surface area contributed by atoms with Crippen molar-refractivity contribution in [3.8, 4) is 0 Å². The molecule has 1 rings (SSSR count). The van der Waals surface area contributed by atoms with E-state index >= 15 is 0 Å². The highest BCUT2D eigenvalue weighted by atomic mass is 16.4. The zero-order chi connectivity index (χ0) is 14.6. The molecule has 0 saturated carbocycles. The molecule has 1 amide bonds. The maximum absolute atomic E-state index is 12.2. The molecule has 0 aromatic carbocycles. The van der Waals surface area contributed by atoms with Crippen LogP contribution in [0.3, 0.4) is 0 Å². The number of hydrogen-bond acceptors (Lipinski definition) is 3. The fraction of sp³-hybridized carbons (Fsp3) is 0.714. The Kier molecular flexibility index (Phi) is 5.11. The van der Waals surface area contributed by atoms with Gasteiger partial charge >= 0.3 is 5.97 Å². The number of hydrogen-bond donors (Lipinski definition) is 2. The van der Waals surface area contributed by atoms with E-state index in [1.165, 1.54) is 0 Å². The van der Waals surface area contributed by atoms with Gasteiger partial charge in [-0.1, -0.05) is 12.2 Å². The van der Waals surface area contributed by atoms with Crippen LogP contribution in [0.25, 0.3) is 0 Å². The number of nitrogens with one attached hydrogen (secondary N) is 1. The summed E-state index contributed by atoms with van der Waals surface area (Å²) >= 11 is 0. The van der Waals surface area contributed by atoms with Gasteiger partial charge in [-0.2, -0.15) is 0 Å². The highest BCUT2D eigenvalue weighted by Gasteiger charge is 2.34. The first kappa shape index (κ1) is 15.7. The minimum Gasteiger partial charge on any atom is -0.481 e. The van der Waals surface area contributed by atoms with Crippen molar-refractivity contribution >= 4 is 11.9 Å². The van der Waals surface area contributed by atoms with E-state index in [9.17, 15) is 9.59 Å². The maximum Gasteiger partial charge on any atom is 0.307 e. The maximum atomic E-state index is 12.2. The molecule has 0 aliphatic heterocycles. The summed E-state index contributed by atoms with van der Waals surface area (Å²) in [6, 6.07) is 0. The van der Waals surface area contributed by atoms with Crippen LogP contribution in [0, 0.1) is 11.8 Å². The van der Waals surface area contributed by atoms with Crippen LogP contribution in [-0.2, 0) is 9.59 Å². The molecule has 2 N–H and O–H groups in total. The van der Waals surface area contributed by atoms with E-state index in [0.29, 0.717) is 19.4 Å². The first-order valence-corrected chi connectivity index (χ1v) is 6.58. The fourth-order valence-corrected chi connectivity index (χ4v) is 1.97. The number of carbonyl (C=O) groups is 2. The Balaban J connectivity index is 2.62. The van der Waals surface area contributed by atoms with E-state index in [1.54, 1.807) is 0 Å². The van der Waals surface area contributed by atoms with Crippen molar-refractivity contribution in [2.24, 2.45) is 11.8 Å². The van der Waals surface area contributed by atoms with Crippen molar-refractivity contribution in [1.29, 1.82) is 0 Å². The molecule has 19 heavy (non-hydrogen) atoms. The summed E-state index contributed by atoms with van der Waals surface area (Å²) in [6.07, 6.45) is 4.67. The van der Waals surface area contributed by atoms with Crippen LogP contribution in [-0.4, -0.2) is 48.1 Å². The SMILES string of the molecule is CN(C)C(C)(C)CNC(=O)[C@@H]1CC=CC[C@@H]1C(=O)O. The van der Waals surface area contributed by atoms with Gasteiger partial charge in [0.2, 0.25) is 5.91 Å². The van der Waals surface area contributed by atoms with Crippen LogP contribution in [0.2, 0.25) is 0 Å². The molecular formula is C14H24N2O3. The van der Waals surface area contributed by atoms with Gasteiger partial charge in [0.05, 0.1) is 11.8 Å². The summed E-state index contributed by atoms with van der Waals surface area (Å²) in [5.74, 6) is -2.11. The largest absolute Gasteiger partial charge is 0.481 e. The molecule has 0 radical (unpaired) electrons. The second kappa shape index (κ2) is 6.19.